The third-order valence-corrected chi connectivity index (χ3v) is 4.63. The van der Waals surface area contributed by atoms with E-state index in [2.05, 4.69) is 54.0 Å². The maximum atomic E-state index is 5.99. The molecule has 1 atom stereocenters. The number of nitrogens with two attached hydrogens (primary N) is 1. The summed E-state index contributed by atoms with van der Waals surface area (Å²) in [4.78, 5) is 9.03. The molecule has 0 saturated heterocycles. The Labute approximate surface area is 141 Å². The molecule has 0 fully saturated rings. The van der Waals surface area contributed by atoms with Gasteiger partial charge in [-0.15, -0.1) is 11.3 Å². The second-order valence-electron chi connectivity index (χ2n) is 6.28. The van der Waals surface area contributed by atoms with Crippen LogP contribution >= 0.6 is 11.3 Å². The molecule has 0 spiro atoms. The summed E-state index contributed by atoms with van der Waals surface area (Å²) in [5.74, 6) is 0.959. The zero-order valence-corrected chi connectivity index (χ0v) is 14.8. The molecule has 5 nitrogen and oxygen atoms in total. The standard InChI is InChI=1S/C17H24N4OS/c1-12-10-21(8-4-7-20(2)3)15-9-13(5-6-16(15)22-12)14-11-23-17(18)19-14/h5-6,9,11-12H,4,7-8,10H2,1-3H3,(H2,18,19). The van der Waals surface area contributed by atoms with Crippen LogP contribution in [-0.4, -0.2) is 49.7 Å². The van der Waals surface area contributed by atoms with E-state index in [1.807, 2.05) is 5.38 Å². The third-order valence-electron chi connectivity index (χ3n) is 3.96. The summed E-state index contributed by atoms with van der Waals surface area (Å²) in [6.07, 6.45) is 1.34. The lowest BCUT2D eigenvalue weighted by Crippen LogP contribution is -2.39. The zero-order valence-electron chi connectivity index (χ0n) is 14.0. The van der Waals surface area contributed by atoms with E-state index >= 15 is 0 Å². The van der Waals surface area contributed by atoms with Gasteiger partial charge < -0.3 is 20.3 Å². The van der Waals surface area contributed by atoms with Crippen molar-refractivity contribution in [2.24, 2.45) is 0 Å². The summed E-state index contributed by atoms with van der Waals surface area (Å²) in [7, 11) is 4.22. The minimum absolute atomic E-state index is 0.211. The van der Waals surface area contributed by atoms with E-state index in [9.17, 15) is 0 Å². The predicted octanol–water partition coefficient (Wildman–Crippen LogP) is 2.93. The normalized spacial score (nSPS) is 17.2. The smallest absolute Gasteiger partial charge is 0.180 e. The molecule has 124 valence electrons. The fourth-order valence-electron chi connectivity index (χ4n) is 2.90. The highest BCUT2D eigenvalue weighted by Gasteiger charge is 2.23. The molecule has 2 N–H and O–H groups in total. The van der Waals surface area contributed by atoms with Crippen molar-refractivity contribution in [3.05, 3.63) is 23.6 Å². The number of rotatable bonds is 5. The maximum Gasteiger partial charge on any atom is 0.180 e. The lowest BCUT2D eigenvalue weighted by molar-refractivity contribution is 0.212. The van der Waals surface area contributed by atoms with Gasteiger partial charge in [-0.3, -0.25) is 0 Å². The highest BCUT2D eigenvalue weighted by molar-refractivity contribution is 7.13. The van der Waals surface area contributed by atoms with Crippen LogP contribution in [0.25, 0.3) is 11.3 Å². The fraction of sp³-hybridized carbons (Fsp3) is 0.471. The van der Waals surface area contributed by atoms with Gasteiger partial charge in [0, 0.05) is 17.5 Å². The minimum Gasteiger partial charge on any atom is -0.487 e. The summed E-state index contributed by atoms with van der Waals surface area (Å²) in [5, 5.41) is 2.60. The molecule has 2 heterocycles. The van der Waals surface area contributed by atoms with Crippen LogP contribution in [0.15, 0.2) is 23.6 Å². The van der Waals surface area contributed by atoms with Crippen LogP contribution in [0.3, 0.4) is 0 Å². The van der Waals surface area contributed by atoms with E-state index in [-0.39, 0.29) is 6.10 Å². The number of anilines is 2. The molecule has 1 aliphatic rings. The first kappa shape index (κ1) is 16.1. The monoisotopic (exact) mass is 332 g/mol. The van der Waals surface area contributed by atoms with Crippen molar-refractivity contribution < 1.29 is 4.74 Å². The molecular weight excluding hydrogens is 308 g/mol. The van der Waals surface area contributed by atoms with Crippen LogP contribution in [0.4, 0.5) is 10.8 Å². The van der Waals surface area contributed by atoms with Gasteiger partial charge in [0.2, 0.25) is 0 Å². The van der Waals surface area contributed by atoms with Crippen molar-refractivity contribution in [2.45, 2.75) is 19.4 Å². The molecule has 23 heavy (non-hydrogen) atoms. The Bertz CT molecular complexity index is 670. The Hall–Kier alpha value is -1.79. The highest BCUT2D eigenvalue weighted by atomic mass is 32.1. The molecule has 0 amide bonds. The van der Waals surface area contributed by atoms with Crippen LogP contribution in [0.2, 0.25) is 0 Å². The van der Waals surface area contributed by atoms with Crippen molar-refractivity contribution in [1.29, 1.82) is 0 Å². The van der Waals surface area contributed by atoms with Gasteiger partial charge in [-0.05, 0) is 52.2 Å². The van der Waals surface area contributed by atoms with Gasteiger partial charge in [-0.25, -0.2) is 4.98 Å². The second kappa shape index (κ2) is 6.76. The third kappa shape index (κ3) is 3.76. The average Bonchev–Trinajstić information content (AvgIpc) is 2.93. The first-order chi connectivity index (χ1) is 11.0. The van der Waals surface area contributed by atoms with E-state index in [4.69, 9.17) is 10.5 Å². The van der Waals surface area contributed by atoms with Crippen LogP contribution in [0.5, 0.6) is 5.75 Å². The molecule has 2 aromatic rings. The lowest BCUT2D eigenvalue weighted by Gasteiger charge is -2.35. The van der Waals surface area contributed by atoms with Gasteiger partial charge in [-0.2, -0.15) is 0 Å². The van der Waals surface area contributed by atoms with E-state index < -0.39 is 0 Å². The van der Waals surface area contributed by atoms with Crippen molar-refractivity contribution in [3.8, 4) is 17.0 Å². The number of thiazole rings is 1. The number of hydrogen-bond acceptors (Lipinski definition) is 6. The van der Waals surface area contributed by atoms with Gasteiger partial charge in [0.1, 0.15) is 11.9 Å². The highest BCUT2D eigenvalue weighted by Crippen LogP contribution is 2.37. The largest absolute Gasteiger partial charge is 0.487 e. The molecular formula is C17H24N4OS. The Morgan fingerprint density at radius 1 is 1.43 bits per heavy atom. The Balaban J connectivity index is 1.85. The molecule has 3 rings (SSSR count). The van der Waals surface area contributed by atoms with E-state index in [0.717, 1.165) is 48.7 Å². The molecule has 6 heteroatoms. The number of nitrogens with zero attached hydrogens (tertiary/aromatic N) is 3. The lowest BCUT2D eigenvalue weighted by atomic mass is 10.1. The number of fused-ring (bicyclic) bond motifs is 1. The Kier molecular flexibility index (Phi) is 4.73. The van der Waals surface area contributed by atoms with E-state index in [1.165, 1.54) is 11.3 Å². The van der Waals surface area contributed by atoms with E-state index in [0.29, 0.717) is 5.13 Å². The maximum absolute atomic E-state index is 5.99. The van der Waals surface area contributed by atoms with E-state index in [1.54, 1.807) is 0 Å². The fourth-order valence-corrected chi connectivity index (χ4v) is 3.47. The van der Waals surface area contributed by atoms with Crippen molar-refractivity contribution in [3.63, 3.8) is 0 Å². The van der Waals surface area contributed by atoms with Crippen LogP contribution in [0.1, 0.15) is 13.3 Å². The number of nitrogen functional groups attached to an aromatic ring is 1. The minimum atomic E-state index is 0.211. The van der Waals surface area contributed by atoms with Crippen molar-refractivity contribution >= 4 is 22.2 Å². The number of hydrogen-bond donors (Lipinski definition) is 1. The molecule has 0 radical (unpaired) electrons. The van der Waals surface area contributed by atoms with Crippen LogP contribution in [-0.2, 0) is 0 Å². The number of aromatic nitrogens is 1. The molecule has 1 aliphatic heterocycles. The Morgan fingerprint density at radius 2 is 2.26 bits per heavy atom. The van der Waals surface area contributed by atoms with Crippen molar-refractivity contribution in [1.82, 2.24) is 9.88 Å². The number of benzene rings is 1. The van der Waals surface area contributed by atoms with Gasteiger partial charge in [-0.1, -0.05) is 0 Å². The first-order valence-corrected chi connectivity index (χ1v) is 8.82. The molecule has 0 saturated carbocycles. The molecule has 1 aromatic heterocycles. The van der Waals surface area contributed by atoms with Crippen molar-refractivity contribution in [2.75, 3.05) is 44.4 Å². The Morgan fingerprint density at radius 3 is 2.96 bits per heavy atom. The summed E-state index contributed by atoms with van der Waals surface area (Å²) >= 11 is 1.47. The summed E-state index contributed by atoms with van der Waals surface area (Å²) < 4.78 is 5.99. The quantitative estimate of drug-likeness (QED) is 0.912. The van der Waals surface area contributed by atoms with Gasteiger partial charge in [0.25, 0.3) is 0 Å². The zero-order chi connectivity index (χ0) is 16.4. The molecule has 1 unspecified atom stereocenters. The summed E-state index contributed by atoms with van der Waals surface area (Å²) in [6, 6.07) is 6.28. The summed E-state index contributed by atoms with van der Waals surface area (Å²) in [6.45, 7) is 5.16. The topological polar surface area (TPSA) is 54.6 Å². The molecule has 0 aliphatic carbocycles. The van der Waals surface area contributed by atoms with Crippen LogP contribution in [0, 0.1) is 0 Å². The SMILES string of the molecule is CC1CN(CCCN(C)C)c2cc(-c3csc(N)n3)ccc2O1. The number of ether oxygens (including phenoxy) is 1. The second-order valence-corrected chi connectivity index (χ2v) is 7.17. The summed E-state index contributed by atoms with van der Waals surface area (Å²) in [5.41, 5.74) is 8.94. The van der Waals surface area contributed by atoms with Crippen LogP contribution < -0.4 is 15.4 Å². The average molecular weight is 332 g/mol. The molecule has 1 aromatic carbocycles. The van der Waals surface area contributed by atoms with Gasteiger partial charge in [0.15, 0.2) is 5.13 Å². The first-order valence-electron chi connectivity index (χ1n) is 7.94. The predicted molar refractivity (Wildman–Crippen MR) is 97.4 cm³/mol. The molecule has 0 bridgehead atoms. The van der Waals surface area contributed by atoms with Gasteiger partial charge in [0.05, 0.1) is 17.9 Å². The van der Waals surface area contributed by atoms with Gasteiger partial charge >= 0.3 is 0 Å².